The highest BCUT2D eigenvalue weighted by Gasteiger charge is 2.10. The molecule has 0 atom stereocenters. The number of H-pyrrole nitrogens is 1. The number of rotatable bonds is 2. The molecular formula is C11H7ClN2O3. The Morgan fingerprint density at radius 1 is 1.29 bits per heavy atom. The summed E-state index contributed by atoms with van der Waals surface area (Å²) in [7, 11) is 0. The summed E-state index contributed by atoms with van der Waals surface area (Å²) < 4.78 is 0. The van der Waals surface area contributed by atoms with Crippen LogP contribution in [0.4, 0.5) is 0 Å². The molecule has 5 nitrogen and oxygen atoms in total. The molecule has 0 aliphatic rings. The van der Waals surface area contributed by atoms with E-state index in [1.807, 2.05) is 0 Å². The summed E-state index contributed by atoms with van der Waals surface area (Å²) in [5.41, 5.74) is -0.458. The van der Waals surface area contributed by atoms with E-state index in [0.29, 0.717) is 16.9 Å². The summed E-state index contributed by atoms with van der Waals surface area (Å²) in [6.45, 7) is 0. The van der Waals surface area contributed by atoms with Crippen molar-refractivity contribution in [1.82, 2.24) is 9.97 Å². The number of carbonyl (C=O) groups excluding carboxylic acids is 1. The van der Waals surface area contributed by atoms with E-state index < -0.39 is 11.3 Å². The van der Waals surface area contributed by atoms with Crippen LogP contribution in [-0.2, 0) is 0 Å². The molecule has 2 N–H and O–H groups in total. The first-order valence-electron chi connectivity index (χ1n) is 4.66. The van der Waals surface area contributed by atoms with Gasteiger partial charge in [-0.15, -0.1) is 0 Å². The van der Waals surface area contributed by atoms with Gasteiger partial charge in [-0.3, -0.25) is 9.59 Å². The molecule has 0 amide bonds. The normalized spacial score (nSPS) is 10.2. The third kappa shape index (κ3) is 2.19. The summed E-state index contributed by atoms with van der Waals surface area (Å²) in [6, 6.07) is 6.55. The number of aromatic nitrogens is 2. The Balaban J connectivity index is 2.60. The number of nitrogens with one attached hydrogen (secondary N) is 1. The Morgan fingerprint density at radius 2 is 1.94 bits per heavy atom. The van der Waals surface area contributed by atoms with Crippen molar-refractivity contribution >= 4 is 17.9 Å². The highest BCUT2D eigenvalue weighted by atomic mass is 35.5. The van der Waals surface area contributed by atoms with Crippen LogP contribution in [0.5, 0.6) is 5.75 Å². The van der Waals surface area contributed by atoms with Gasteiger partial charge in [0, 0.05) is 10.6 Å². The van der Waals surface area contributed by atoms with Crippen LogP contribution in [0.2, 0.25) is 5.02 Å². The highest BCUT2D eigenvalue weighted by Crippen LogP contribution is 2.18. The minimum absolute atomic E-state index is 0.201. The number of aldehydes is 1. The van der Waals surface area contributed by atoms with Gasteiger partial charge in [-0.1, -0.05) is 11.6 Å². The van der Waals surface area contributed by atoms with E-state index in [0.717, 1.165) is 0 Å². The summed E-state index contributed by atoms with van der Waals surface area (Å²) in [4.78, 5) is 28.2. The van der Waals surface area contributed by atoms with Crippen LogP contribution in [0.25, 0.3) is 11.4 Å². The number of nitrogens with zero attached hydrogens (tertiary/aromatic N) is 1. The molecule has 0 saturated heterocycles. The van der Waals surface area contributed by atoms with Crippen molar-refractivity contribution in [3.05, 3.63) is 45.3 Å². The molecular weight excluding hydrogens is 244 g/mol. The van der Waals surface area contributed by atoms with E-state index in [2.05, 4.69) is 9.97 Å². The molecule has 0 aliphatic heterocycles. The minimum Gasteiger partial charge on any atom is -0.501 e. The number of hydrogen-bond acceptors (Lipinski definition) is 4. The van der Waals surface area contributed by atoms with Crippen LogP contribution in [0, 0.1) is 0 Å². The number of aromatic hydroxyl groups is 1. The molecule has 0 fully saturated rings. The largest absolute Gasteiger partial charge is 0.501 e. The van der Waals surface area contributed by atoms with Gasteiger partial charge in [-0.25, -0.2) is 4.98 Å². The van der Waals surface area contributed by atoms with Gasteiger partial charge in [0.1, 0.15) is 5.82 Å². The molecule has 2 aromatic rings. The number of carbonyl (C=O) groups is 1. The average Bonchev–Trinajstić information content (AvgIpc) is 2.33. The Morgan fingerprint density at radius 3 is 2.53 bits per heavy atom. The van der Waals surface area contributed by atoms with Crippen LogP contribution in [0.1, 0.15) is 10.5 Å². The first-order chi connectivity index (χ1) is 8.11. The second-order valence-electron chi connectivity index (χ2n) is 3.27. The highest BCUT2D eigenvalue weighted by molar-refractivity contribution is 6.30. The van der Waals surface area contributed by atoms with Gasteiger partial charge in [0.05, 0.1) is 0 Å². The number of aromatic amines is 1. The first-order valence-corrected chi connectivity index (χ1v) is 5.04. The average molecular weight is 251 g/mol. The van der Waals surface area contributed by atoms with Crippen molar-refractivity contribution < 1.29 is 9.90 Å². The van der Waals surface area contributed by atoms with Crippen molar-refractivity contribution in [3.63, 3.8) is 0 Å². The van der Waals surface area contributed by atoms with Gasteiger partial charge >= 0.3 is 0 Å². The van der Waals surface area contributed by atoms with Crippen LogP contribution >= 0.6 is 11.6 Å². The molecule has 0 saturated carbocycles. The fraction of sp³-hybridized carbons (Fsp3) is 0. The molecule has 0 radical (unpaired) electrons. The zero-order valence-electron chi connectivity index (χ0n) is 8.48. The van der Waals surface area contributed by atoms with Gasteiger partial charge in [0.15, 0.2) is 12.0 Å². The summed E-state index contributed by atoms with van der Waals surface area (Å²) >= 11 is 5.73. The fourth-order valence-corrected chi connectivity index (χ4v) is 1.44. The first kappa shape index (κ1) is 11.3. The maximum Gasteiger partial charge on any atom is 0.294 e. The van der Waals surface area contributed by atoms with Crippen LogP contribution in [0.15, 0.2) is 29.1 Å². The van der Waals surface area contributed by atoms with Crippen LogP contribution in [0.3, 0.4) is 0 Å². The second kappa shape index (κ2) is 4.39. The van der Waals surface area contributed by atoms with Gasteiger partial charge in [0.25, 0.3) is 5.56 Å². The Labute approximate surface area is 101 Å². The van der Waals surface area contributed by atoms with E-state index in [1.54, 1.807) is 24.3 Å². The standard InChI is InChI=1S/C11H7ClN2O3/c12-7-3-1-6(2-4-7)10-13-8(5-15)9(16)11(17)14-10/h1-5,16H,(H,13,14,17). The van der Waals surface area contributed by atoms with Crippen LogP contribution < -0.4 is 5.56 Å². The molecule has 0 bridgehead atoms. The molecule has 0 spiro atoms. The van der Waals surface area contributed by atoms with E-state index in [9.17, 15) is 14.7 Å². The number of benzene rings is 1. The van der Waals surface area contributed by atoms with Gasteiger partial charge in [-0.05, 0) is 24.3 Å². The number of halogens is 1. The van der Waals surface area contributed by atoms with E-state index >= 15 is 0 Å². The predicted molar refractivity (Wildman–Crippen MR) is 62.4 cm³/mol. The van der Waals surface area contributed by atoms with Gasteiger partial charge < -0.3 is 10.1 Å². The molecule has 2 rings (SSSR count). The van der Waals surface area contributed by atoms with E-state index in [1.165, 1.54) is 0 Å². The van der Waals surface area contributed by atoms with E-state index in [-0.39, 0.29) is 11.5 Å². The lowest BCUT2D eigenvalue weighted by Gasteiger charge is -2.02. The molecule has 0 unspecified atom stereocenters. The summed E-state index contributed by atoms with van der Waals surface area (Å²) in [5.74, 6) is -0.482. The third-order valence-corrected chi connectivity index (χ3v) is 2.40. The molecule has 86 valence electrons. The van der Waals surface area contributed by atoms with Crippen molar-refractivity contribution in [1.29, 1.82) is 0 Å². The third-order valence-electron chi connectivity index (χ3n) is 2.15. The molecule has 6 heteroatoms. The summed E-state index contributed by atoms with van der Waals surface area (Å²) in [6.07, 6.45) is 0.323. The quantitative estimate of drug-likeness (QED) is 0.793. The smallest absolute Gasteiger partial charge is 0.294 e. The SMILES string of the molecule is O=Cc1nc(-c2ccc(Cl)cc2)[nH]c(=O)c1O. The van der Waals surface area contributed by atoms with Crippen LogP contribution in [-0.4, -0.2) is 21.4 Å². The predicted octanol–water partition coefficient (Wildman–Crippen LogP) is 1.61. The minimum atomic E-state index is -0.757. The molecule has 1 heterocycles. The second-order valence-corrected chi connectivity index (χ2v) is 3.71. The van der Waals surface area contributed by atoms with Gasteiger partial charge in [0.2, 0.25) is 5.75 Å². The lowest BCUT2D eigenvalue weighted by molar-refractivity contribution is 0.111. The van der Waals surface area contributed by atoms with Crippen molar-refractivity contribution in [2.45, 2.75) is 0 Å². The van der Waals surface area contributed by atoms with Crippen molar-refractivity contribution in [2.24, 2.45) is 0 Å². The molecule has 0 aliphatic carbocycles. The molecule has 1 aromatic carbocycles. The maximum atomic E-state index is 11.3. The monoisotopic (exact) mass is 250 g/mol. The Kier molecular flexibility index (Phi) is 2.93. The van der Waals surface area contributed by atoms with E-state index in [4.69, 9.17) is 11.6 Å². The number of hydrogen-bond donors (Lipinski definition) is 2. The topological polar surface area (TPSA) is 83.0 Å². The molecule has 1 aromatic heterocycles. The Bertz CT molecular complexity index is 620. The fourth-order valence-electron chi connectivity index (χ4n) is 1.31. The molecule has 17 heavy (non-hydrogen) atoms. The van der Waals surface area contributed by atoms with Crippen molar-refractivity contribution in [2.75, 3.05) is 0 Å². The Hall–Kier alpha value is -2.14. The zero-order chi connectivity index (χ0) is 12.4. The lowest BCUT2D eigenvalue weighted by Crippen LogP contribution is -2.11. The van der Waals surface area contributed by atoms with Crippen molar-refractivity contribution in [3.8, 4) is 17.1 Å². The maximum absolute atomic E-state index is 11.3. The lowest BCUT2D eigenvalue weighted by atomic mass is 10.2. The van der Waals surface area contributed by atoms with Gasteiger partial charge in [-0.2, -0.15) is 0 Å². The zero-order valence-corrected chi connectivity index (χ0v) is 9.23. The summed E-state index contributed by atoms with van der Waals surface area (Å²) in [5, 5.41) is 9.80.